The van der Waals surface area contributed by atoms with Gasteiger partial charge in [0.05, 0.1) is 0 Å². The van der Waals surface area contributed by atoms with Gasteiger partial charge in [-0.15, -0.1) is 0 Å². The molecule has 0 atom stereocenters. The predicted molar refractivity (Wildman–Crippen MR) is 73.1 cm³/mol. The van der Waals surface area contributed by atoms with Gasteiger partial charge in [-0.1, -0.05) is 12.1 Å². The van der Waals surface area contributed by atoms with Crippen molar-refractivity contribution in [2.45, 2.75) is 51.0 Å². The van der Waals surface area contributed by atoms with Crippen LogP contribution in [0.1, 0.15) is 45.4 Å². The van der Waals surface area contributed by atoms with Crippen molar-refractivity contribution in [3.05, 3.63) is 0 Å². The fourth-order valence-corrected chi connectivity index (χ4v) is 3.00. The SMILES string of the molecule is CC1CCC(NC(=O)N2CCCC2)(C(N)=NO)CC1. The highest BCUT2D eigenvalue weighted by Gasteiger charge is 2.40. The Morgan fingerprint density at radius 1 is 1.37 bits per heavy atom. The first-order valence-corrected chi connectivity index (χ1v) is 7.12. The maximum absolute atomic E-state index is 12.2. The molecular weight excluding hydrogens is 244 g/mol. The lowest BCUT2D eigenvalue weighted by Gasteiger charge is -2.39. The number of carbonyl (C=O) groups is 1. The molecule has 19 heavy (non-hydrogen) atoms. The van der Waals surface area contributed by atoms with Gasteiger partial charge in [0, 0.05) is 13.1 Å². The molecule has 108 valence electrons. The Labute approximate surface area is 114 Å². The number of hydrogen-bond donors (Lipinski definition) is 3. The Kier molecular flexibility index (Phi) is 4.17. The van der Waals surface area contributed by atoms with Crippen molar-refractivity contribution in [2.75, 3.05) is 13.1 Å². The minimum atomic E-state index is -0.666. The number of oxime groups is 1. The third kappa shape index (κ3) is 2.93. The standard InChI is InChI=1S/C13H24N4O2/c1-10-4-6-13(7-5-10,11(14)16-19)15-12(18)17-8-2-3-9-17/h10,19H,2-9H2,1H3,(H2,14,16)(H,15,18). The topological polar surface area (TPSA) is 91.0 Å². The zero-order valence-electron chi connectivity index (χ0n) is 11.6. The lowest BCUT2D eigenvalue weighted by molar-refractivity contribution is 0.185. The molecule has 0 unspecified atom stereocenters. The molecule has 1 saturated heterocycles. The minimum Gasteiger partial charge on any atom is -0.409 e. The molecule has 1 aliphatic heterocycles. The second-order valence-corrected chi connectivity index (χ2v) is 5.87. The predicted octanol–water partition coefficient (Wildman–Crippen LogP) is 1.49. The summed E-state index contributed by atoms with van der Waals surface area (Å²) < 4.78 is 0. The first-order valence-electron chi connectivity index (χ1n) is 7.12. The van der Waals surface area contributed by atoms with Crippen molar-refractivity contribution >= 4 is 11.9 Å². The van der Waals surface area contributed by atoms with E-state index in [2.05, 4.69) is 17.4 Å². The number of likely N-dealkylation sites (tertiary alicyclic amines) is 1. The van der Waals surface area contributed by atoms with Crippen molar-refractivity contribution in [3.8, 4) is 0 Å². The van der Waals surface area contributed by atoms with Crippen molar-refractivity contribution in [1.29, 1.82) is 0 Å². The highest BCUT2D eigenvalue weighted by molar-refractivity contribution is 5.93. The molecule has 2 aliphatic rings. The van der Waals surface area contributed by atoms with Gasteiger partial charge in [0.25, 0.3) is 0 Å². The molecule has 1 aliphatic carbocycles. The monoisotopic (exact) mass is 268 g/mol. The number of rotatable bonds is 2. The lowest BCUT2D eigenvalue weighted by Crippen LogP contribution is -2.61. The third-order valence-electron chi connectivity index (χ3n) is 4.47. The van der Waals surface area contributed by atoms with E-state index in [9.17, 15) is 4.79 Å². The molecule has 0 aromatic rings. The molecule has 6 heteroatoms. The number of amidine groups is 1. The van der Waals surface area contributed by atoms with Gasteiger partial charge in [-0.25, -0.2) is 4.79 Å². The van der Waals surface area contributed by atoms with Crippen LogP contribution in [0.25, 0.3) is 0 Å². The number of carbonyl (C=O) groups excluding carboxylic acids is 1. The fourth-order valence-electron chi connectivity index (χ4n) is 3.00. The molecule has 2 fully saturated rings. The second kappa shape index (κ2) is 5.67. The van der Waals surface area contributed by atoms with Gasteiger partial charge in [-0.05, 0) is 44.4 Å². The zero-order chi connectivity index (χ0) is 13.9. The van der Waals surface area contributed by atoms with Crippen LogP contribution in [0.4, 0.5) is 4.79 Å². The summed E-state index contributed by atoms with van der Waals surface area (Å²) in [5.74, 6) is 0.759. The molecule has 0 aromatic carbocycles. The fraction of sp³-hybridized carbons (Fsp3) is 0.846. The maximum Gasteiger partial charge on any atom is 0.318 e. The zero-order valence-corrected chi connectivity index (χ0v) is 11.6. The van der Waals surface area contributed by atoms with E-state index in [1.165, 1.54) is 0 Å². The lowest BCUT2D eigenvalue weighted by atomic mass is 9.76. The molecule has 2 amide bonds. The molecule has 6 nitrogen and oxygen atoms in total. The van der Waals surface area contributed by atoms with E-state index in [1.807, 2.05) is 4.90 Å². The van der Waals surface area contributed by atoms with Crippen molar-refractivity contribution in [1.82, 2.24) is 10.2 Å². The molecule has 0 aromatic heterocycles. The molecular formula is C13H24N4O2. The van der Waals surface area contributed by atoms with E-state index in [0.29, 0.717) is 5.92 Å². The van der Waals surface area contributed by atoms with Gasteiger partial charge in [0.2, 0.25) is 0 Å². The van der Waals surface area contributed by atoms with E-state index in [1.54, 1.807) is 0 Å². The summed E-state index contributed by atoms with van der Waals surface area (Å²) in [4.78, 5) is 14.1. The summed E-state index contributed by atoms with van der Waals surface area (Å²) in [5, 5.41) is 15.2. The summed E-state index contributed by atoms with van der Waals surface area (Å²) in [6, 6.07) is -0.0846. The van der Waals surface area contributed by atoms with Gasteiger partial charge in [0.15, 0.2) is 5.84 Å². The third-order valence-corrected chi connectivity index (χ3v) is 4.47. The van der Waals surface area contributed by atoms with Crippen LogP contribution >= 0.6 is 0 Å². The normalized spacial score (nSPS) is 32.4. The van der Waals surface area contributed by atoms with Crippen molar-refractivity contribution < 1.29 is 10.0 Å². The summed E-state index contributed by atoms with van der Waals surface area (Å²) in [6.45, 7) is 3.79. The maximum atomic E-state index is 12.2. The largest absolute Gasteiger partial charge is 0.409 e. The Morgan fingerprint density at radius 2 is 1.95 bits per heavy atom. The Hall–Kier alpha value is -1.46. The molecule has 1 heterocycles. The van der Waals surface area contributed by atoms with Crippen LogP contribution in [0.15, 0.2) is 5.16 Å². The van der Waals surface area contributed by atoms with Crippen LogP contribution in [0.5, 0.6) is 0 Å². The van der Waals surface area contributed by atoms with Crippen LogP contribution in [-0.2, 0) is 0 Å². The molecule has 4 N–H and O–H groups in total. The molecule has 1 saturated carbocycles. The average Bonchev–Trinajstić information content (AvgIpc) is 2.95. The number of nitrogens with zero attached hydrogens (tertiary/aromatic N) is 2. The molecule has 0 bridgehead atoms. The highest BCUT2D eigenvalue weighted by Crippen LogP contribution is 2.32. The van der Waals surface area contributed by atoms with Crippen molar-refractivity contribution in [3.63, 3.8) is 0 Å². The first kappa shape index (κ1) is 14.0. The first-order chi connectivity index (χ1) is 9.07. The van der Waals surface area contributed by atoms with Crippen LogP contribution < -0.4 is 11.1 Å². The average molecular weight is 268 g/mol. The van der Waals surface area contributed by atoms with E-state index < -0.39 is 5.54 Å². The molecule has 0 radical (unpaired) electrons. The quantitative estimate of drug-likeness (QED) is 0.307. The smallest absolute Gasteiger partial charge is 0.318 e. The number of urea groups is 1. The van der Waals surface area contributed by atoms with E-state index in [4.69, 9.17) is 10.9 Å². The summed E-state index contributed by atoms with van der Waals surface area (Å²) >= 11 is 0. The number of nitrogens with two attached hydrogens (primary N) is 1. The minimum absolute atomic E-state index is 0.0846. The number of nitrogens with one attached hydrogen (secondary N) is 1. The summed E-state index contributed by atoms with van der Waals surface area (Å²) in [5.41, 5.74) is 5.18. The van der Waals surface area contributed by atoms with Gasteiger partial charge in [0.1, 0.15) is 5.54 Å². The second-order valence-electron chi connectivity index (χ2n) is 5.87. The van der Waals surface area contributed by atoms with Crippen LogP contribution in [-0.4, -0.2) is 40.6 Å². The van der Waals surface area contributed by atoms with E-state index in [0.717, 1.165) is 51.6 Å². The Morgan fingerprint density at radius 3 is 2.47 bits per heavy atom. The van der Waals surface area contributed by atoms with Crippen molar-refractivity contribution in [2.24, 2.45) is 16.8 Å². The van der Waals surface area contributed by atoms with E-state index >= 15 is 0 Å². The van der Waals surface area contributed by atoms with Crippen LogP contribution in [0.3, 0.4) is 0 Å². The Bertz CT molecular complexity index is 356. The van der Waals surface area contributed by atoms with E-state index in [-0.39, 0.29) is 11.9 Å². The van der Waals surface area contributed by atoms with Gasteiger partial charge in [-0.3, -0.25) is 0 Å². The molecule has 0 spiro atoms. The van der Waals surface area contributed by atoms with Crippen LogP contribution in [0.2, 0.25) is 0 Å². The highest BCUT2D eigenvalue weighted by atomic mass is 16.4. The van der Waals surface area contributed by atoms with Gasteiger partial charge < -0.3 is 21.2 Å². The number of hydrogen-bond acceptors (Lipinski definition) is 3. The number of amides is 2. The summed E-state index contributed by atoms with van der Waals surface area (Å²) in [7, 11) is 0. The summed E-state index contributed by atoms with van der Waals surface area (Å²) in [6.07, 6.45) is 5.56. The van der Waals surface area contributed by atoms with Gasteiger partial charge >= 0.3 is 6.03 Å². The van der Waals surface area contributed by atoms with Gasteiger partial charge in [-0.2, -0.15) is 0 Å². The van der Waals surface area contributed by atoms with Crippen LogP contribution in [0, 0.1) is 5.92 Å². The molecule has 2 rings (SSSR count). The Balaban J connectivity index is 2.07.